The van der Waals surface area contributed by atoms with E-state index in [4.69, 9.17) is 4.74 Å². The molecule has 29 heavy (non-hydrogen) atoms. The largest absolute Gasteiger partial charge is 0.452 e. The van der Waals surface area contributed by atoms with Crippen LogP contribution in [-0.4, -0.2) is 54.5 Å². The summed E-state index contributed by atoms with van der Waals surface area (Å²) in [6, 6.07) is 17.9. The molecule has 1 aliphatic heterocycles. The van der Waals surface area contributed by atoms with Crippen molar-refractivity contribution in [3.8, 4) is 0 Å². The first-order valence-corrected chi connectivity index (χ1v) is 10.3. The van der Waals surface area contributed by atoms with Crippen LogP contribution in [0, 0.1) is 0 Å². The van der Waals surface area contributed by atoms with Crippen LogP contribution in [0.4, 0.5) is 5.69 Å². The molecule has 0 aliphatic carbocycles. The van der Waals surface area contributed by atoms with E-state index in [-0.39, 0.29) is 12.5 Å². The van der Waals surface area contributed by atoms with E-state index in [1.54, 1.807) is 11.0 Å². The van der Waals surface area contributed by atoms with Gasteiger partial charge in [-0.2, -0.15) is 0 Å². The molecule has 7 heteroatoms. The van der Waals surface area contributed by atoms with E-state index >= 15 is 0 Å². The normalized spacial score (nSPS) is 14.5. The minimum atomic E-state index is -0.541. The maximum absolute atomic E-state index is 12.3. The van der Waals surface area contributed by atoms with E-state index < -0.39 is 5.97 Å². The molecular formula is C22H21N3O3S. The molecule has 1 saturated heterocycles. The molecular weight excluding hydrogens is 386 g/mol. The monoisotopic (exact) mass is 407 g/mol. The van der Waals surface area contributed by atoms with Gasteiger partial charge < -0.3 is 14.5 Å². The van der Waals surface area contributed by atoms with E-state index in [1.165, 1.54) is 17.4 Å². The van der Waals surface area contributed by atoms with Crippen molar-refractivity contribution in [2.24, 2.45) is 0 Å². The van der Waals surface area contributed by atoms with Crippen LogP contribution >= 0.6 is 11.3 Å². The number of thiazole rings is 1. The number of ether oxygens (including phenoxy) is 1. The van der Waals surface area contributed by atoms with Crippen molar-refractivity contribution in [3.05, 3.63) is 65.7 Å². The molecule has 148 valence electrons. The number of piperazine rings is 1. The number of rotatable bonds is 5. The topological polar surface area (TPSA) is 62.7 Å². The first-order valence-electron chi connectivity index (χ1n) is 9.47. The molecule has 0 N–H and O–H groups in total. The summed E-state index contributed by atoms with van der Waals surface area (Å²) in [6.07, 6.45) is 2.94. The second-order valence-electron chi connectivity index (χ2n) is 6.66. The summed E-state index contributed by atoms with van der Waals surface area (Å²) in [6.45, 7) is 2.52. The molecule has 1 aliphatic rings. The van der Waals surface area contributed by atoms with Crippen LogP contribution in [0.1, 0.15) is 5.01 Å². The van der Waals surface area contributed by atoms with Gasteiger partial charge in [0.15, 0.2) is 6.61 Å². The number of benzene rings is 2. The lowest BCUT2D eigenvalue weighted by molar-refractivity contribution is -0.148. The van der Waals surface area contributed by atoms with Crippen LogP contribution in [0.5, 0.6) is 0 Å². The van der Waals surface area contributed by atoms with Gasteiger partial charge in [0.2, 0.25) is 0 Å². The number of esters is 1. The van der Waals surface area contributed by atoms with Crippen LogP contribution in [0.25, 0.3) is 16.3 Å². The Kier molecular flexibility index (Phi) is 5.86. The van der Waals surface area contributed by atoms with E-state index in [0.717, 1.165) is 34.0 Å². The predicted molar refractivity (Wildman–Crippen MR) is 115 cm³/mol. The highest BCUT2D eigenvalue weighted by molar-refractivity contribution is 7.19. The first kappa shape index (κ1) is 19.1. The Morgan fingerprint density at radius 1 is 1.00 bits per heavy atom. The maximum Gasteiger partial charge on any atom is 0.331 e. The highest BCUT2D eigenvalue weighted by atomic mass is 32.1. The predicted octanol–water partition coefficient (Wildman–Crippen LogP) is 3.20. The third kappa shape index (κ3) is 4.81. The molecule has 0 atom stereocenters. The van der Waals surface area contributed by atoms with Gasteiger partial charge >= 0.3 is 5.97 Å². The van der Waals surface area contributed by atoms with Crippen LogP contribution in [0.15, 0.2) is 60.7 Å². The van der Waals surface area contributed by atoms with E-state index in [1.807, 2.05) is 42.5 Å². The highest BCUT2D eigenvalue weighted by Crippen LogP contribution is 2.22. The summed E-state index contributed by atoms with van der Waals surface area (Å²) < 4.78 is 6.17. The first-order chi connectivity index (χ1) is 14.2. The van der Waals surface area contributed by atoms with Crippen molar-refractivity contribution < 1.29 is 14.3 Å². The van der Waals surface area contributed by atoms with Crippen LogP contribution in [-0.2, 0) is 14.3 Å². The molecule has 1 aromatic heterocycles. The summed E-state index contributed by atoms with van der Waals surface area (Å²) in [7, 11) is 0. The van der Waals surface area contributed by atoms with Gasteiger partial charge in [0.25, 0.3) is 5.91 Å². The maximum atomic E-state index is 12.3. The molecule has 4 rings (SSSR count). The van der Waals surface area contributed by atoms with Gasteiger partial charge in [-0.05, 0) is 30.3 Å². The van der Waals surface area contributed by atoms with Crippen molar-refractivity contribution in [2.45, 2.75) is 0 Å². The smallest absolute Gasteiger partial charge is 0.331 e. The number of hydrogen-bond acceptors (Lipinski definition) is 6. The Labute approximate surface area is 173 Å². The third-order valence-electron chi connectivity index (χ3n) is 4.76. The molecule has 0 bridgehead atoms. The molecule has 0 saturated carbocycles. The lowest BCUT2D eigenvalue weighted by Crippen LogP contribution is -2.49. The number of carbonyl (C=O) groups excluding carboxylic acids is 2. The Bertz CT molecular complexity index is 991. The number of nitrogens with zero attached hydrogens (tertiary/aromatic N) is 3. The van der Waals surface area contributed by atoms with Crippen LogP contribution < -0.4 is 4.90 Å². The SMILES string of the molecule is O=C(C=Cc1nc2ccccc2s1)OCC(=O)N1CCN(c2ccccc2)CC1. The van der Waals surface area contributed by atoms with Crippen molar-refractivity contribution in [1.29, 1.82) is 0 Å². The van der Waals surface area contributed by atoms with Gasteiger partial charge in [0.05, 0.1) is 10.2 Å². The minimum absolute atomic E-state index is 0.167. The minimum Gasteiger partial charge on any atom is -0.452 e. The van der Waals surface area contributed by atoms with Crippen molar-refractivity contribution >= 4 is 45.2 Å². The zero-order valence-corrected chi connectivity index (χ0v) is 16.7. The van der Waals surface area contributed by atoms with Crippen molar-refractivity contribution in [2.75, 3.05) is 37.7 Å². The Balaban J connectivity index is 1.23. The van der Waals surface area contributed by atoms with Crippen LogP contribution in [0.3, 0.4) is 0 Å². The average Bonchev–Trinajstić information content (AvgIpc) is 3.20. The summed E-state index contributed by atoms with van der Waals surface area (Å²) >= 11 is 1.50. The van der Waals surface area contributed by atoms with Crippen LogP contribution in [0.2, 0.25) is 0 Å². The third-order valence-corrected chi connectivity index (χ3v) is 5.77. The Morgan fingerprint density at radius 3 is 2.48 bits per heavy atom. The van der Waals surface area contributed by atoms with E-state index in [2.05, 4.69) is 22.0 Å². The molecule has 2 heterocycles. The average molecular weight is 407 g/mol. The Morgan fingerprint density at radius 2 is 1.72 bits per heavy atom. The molecule has 3 aromatic rings. The van der Waals surface area contributed by atoms with Gasteiger partial charge in [0, 0.05) is 37.9 Å². The second-order valence-corrected chi connectivity index (χ2v) is 7.73. The van der Waals surface area contributed by atoms with E-state index in [9.17, 15) is 9.59 Å². The number of aromatic nitrogens is 1. The molecule has 0 radical (unpaired) electrons. The summed E-state index contributed by atoms with van der Waals surface area (Å²) in [5, 5.41) is 0.728. The summed E-state index contributed by atoms with van der Waals surface area (Å²) in [4.78, 5) is 32.7. The number of carbonyl (C=O) groups is 2. The summed E-state index contributed by atoms with van der Waals surface area (Å²) in [5.41, 5.74) is 2.06. The molecule has 1 fully saturated rings. The lowest BCUT2D eigenvalue weighted by atomic mass is 10.2. The molecule has 2 aromatic carbocycles. The standard InChI is InChI=1S/C22H21N3O3S/c26-21(25-14-12-24(13-15-25)17-6-2-1-3-7-17)16-28-22(27)11-10-20-23-18-8-4-5-9-19(18)29-20/h1-11H,12-16H2. The molecule has 0 spiro atoms. The van der Waals surface area contributed by atoms with Gasteiger partial charge in [0.1, 0.15) is 5.01 Å². The number of fused-ring (bicyclic) bond motifs is 1. The fourth-order valence-corrected chi connectivity index (χ4v) is 4.10. The quantitative estimate of drug-likeness (QED) is 0.480. The van der Waals surface area contributed by atoms with Gasteiger partial charge in [-0.15, -0.1) is 11.3 Å². The number of hydrogen-bond donors (Lipinski definition) is 0. The lowest BCUT2D eigenvalue weighted by Gasteiger charge is -2.36. The highest BCUT2D eigenvalue weighted by Gasteiger charge is 2.21. The zero-order chi connectivity index (χ0) is 20.1. The number of para-hydroxylation sites is 2. The van der Waals surface area contributed by atoms with Crippen molar-refractivity contribution in [3.63, 3.8) is 0 Å². The molecule has 1 amide bonds. The molecule has 0 unspecified atom stereocenters. The van der Waals surface area contributed by atoms with Gasteiger partial charge in [-0.25, -0.2) is 9.78 Å². The zero-order valence-electron chi connectivity index (χ0n) is 15.9. The van der Waals surface area contributed by atoms with Gasteiger partial charge in [-0.3, -0.25) is 4.79 Å². The van der Waals surface area contributed by atoms with Gasteiger partial charge in [-0.1, -0.05) is 30.3 Å². The number of amides is 1. The fourth-order valence-electron chi connectivity index (χ4n) is 3.23. The summed E-state index contributed by atoms with van der Waals surface area (Å²) in [5.74, 6) is -0.708. The second kappa shape index (κ2) is 8.87. The van der Waals surface area contributed by atoms with E-state index in [0.29, 0.717) is 13.1 Å². The Hall–Kier alpha value is -3.19. The molecule has 6 nitrogen and oxygen atoms in total. The number of anilines is 1. The van der Waals surface area contributed by atoms with Crippen molar-refractivity contribution in [1.82, 2.24) is 9.88 Å². The fraction of sp³-hybridized carbons (Fsp3) is 0.227.